The van der Waals surface area contributed by atoms with Crippen LogP contribution in [0.1, 0.15) is 46.1 Å². The van der Waals surface area contributed by atoms with Crippen LogP contribution in [0.4, 0.5) is 5.69 Å². The molecule has 1 aromatic rings. The van der Waals surface area contributed by atoms with Crippen LogP contribution >= 0.6 is 0 Å². The van der Waals surface area contributed by atoms with Crippen molar-refractivity contribution in [2.75, 3.05) is 5.32 Å². The monoisotopic (exact) mass is 371 g/mol. The Morgan fingerprint density at radius 1 is 1.04 bits per heavy atom. The van der Waals surface area contributed by atoms with Gasteiger partial charge in [0.05, 0.1) is 6.54 Å². The zero-order valence-corrected chi connectivity index (χ0v) is 16.3. The topological polar surface area (TPSA) is 111 Å². The van der Waals surface area contributed by atoms with Gasteiger partial charge >= 0.3 is 0 Å². The van der Waals surface area contributed by atoms with Crippen LogP contribution in [0.3, 0.4) is 0 Å². The summed E-state index contributed by atoms with van der Waals surface area (Å²) in [6.45, 7) is 6.94. The molecular formula is C21H27N2O4+. The molecule has 5 N–H and O–H groups in total. The molecule has 0 heterocycles. The number of Topliss-reactive ketones (excluding diaryl/α,β-unsaturated/α-hetero) is 2. The Balaban J connectivity index is 2.08. The van der Waals surface area contributed by atoms with Gasteiger partial charge in [-0.25, -0.2) is 0 Å². The highest BCUT2D eigenvalue weighted by Gasteiger charge is 2.33. The van der Waals surface area contributed by atoms with E-state index < -0.39 is 11.5 Å². The van der Waals surface area contributed by atoms with Gasteiger partial charge in [-0.3, -0.25) is 14.4 Å². The minimum absolute atomic E-state index is 0.0355. The van der Waals surface area contributed by atoms with Gasteiger partial charge in [0.25, 0.3) is 5.91 Å². The van der Waals surface area contributed by atoms with Gasteiger partial charge in [-0.2, -0.15) is 0 Å². The molecule has 1 aromatic carbocycles. The lowest BCUT2D eigenvalue weighted by molar-refractivity contribution is -0.386. The predicted octanol–water partition coefficient (Wildman–Crippen LogP) is 1.70. The number of benzene rings is 1. The lowest BCUT2D eigenvalue weighted by Crippen LogP contribution is -2.47. The van der Waals surface area contributed by atoms with Crippen molar-refractivity contribution in [3.63, 3.8) is 0 Å². The second-order valence-corrected chi connectivity index (χ2v) is 7.19. The van der Waals surface area contributed by atoms with Crippen molar-refractivity contribution in [1.29, 1.82) is 0 Å². The fourth-order valence-corrected chi connectivity index (χ4v) is 2.96. The van der Waals surface area contributed by atoms with E-state index in [0.717, 1.165) is 5.56 Å². The van der Waals surface area contributed by atoms with E-state index in [9.17, 15) is 19.5 Å². The van der Waals surface area contributed by atoms with Crippen molar-refractivity contribution in [3.05, 3.63) is 52.1 Å². The molecule has 1 amide bonds. The first-order valence-electron chi connectivity index (χ1n) is 8.97. The highest BCUT2D eigenvalue weighted by Crippen LogP contribution is 2.29. The van der Waals surface area contributed by atoms with Gasteiger partial charge < -0.3 is 16.2 Å². The summed E-state index contributed by atoms with van der Waals surface area (Å²) in [6.07, 6.45) is 0.190. The molecule has 0 saturated heterocycles. The summed E-state index contributed by atoms with van der Waals surface area (Å²) in [5.41, 5.74) is 5.38. The molecule has 2 rings (SSSR count). The average molecular weight is 371 g/mol. The fourth-order valence-electron chi connectivity index (χ4n) is 2.96. The third-order valence-corrected chi connectivity index (χ3v) is 5.16. The zero-order valence-electron chi connectivity index (χ0n) is 16.3. The molecule has 0 radical (unpaired) electrons. The maximum absolute atomic E-state index is 12.5. The van der Waals surface area contributed by atoms with Crippen LogP contribution in [0.25, 0.3) is 0 Å². The Morgan fingerprint density at radius 3 is 2.15 bits per heavy atom. The maximum Gasteiger partial charge on any atom is 0.256 e. The first-order valence-corrected chi connectivity index (χ1v) is 8.97. The van der Waals surface area contributed by atoms with Crippen LogP contribution in [-0.4, -0.2) is 28.2 Å². The molecule has 0 saturated carbocycles. The number of hydrogen-bond acceptors (Lipinski definition) is 4. The molecule has 0 aromatic heterocycles. The minimum Gasteiger partial charge on any atom is -0.380 e. The summed E-state index contributed by atoms with van der Waals surface area (Å²) in [6, 6.07) is 7.22. The van der Waals surface area contributed by atoms with E-state index in [1.165, 1.54) is 6.92 Å². The predicted molar refractivity (Wildman–Crippen MR) is 103 cm³/mol. The molecule has 27 heavy (non-hydrogen) atoms. The summed E-state index contributed by atoms with van der Waals surface area (Å²) in [5.74, 6) is -0.901. The van der Waals surface area contributed by atoms with Gasteiger partial charge in [-0.1, -0.05) is 12.1 Å². The second-order valence-electron chi connectivity index (χ2n) is 7.19. The van der Waals surface area contributed by atoms with Gasteiger partial charge in [-0.15, -0.1) is 0 Å². The van der Waals surface area contributed by atoms with Crippen LogP contribution in [0, 0.1) is 0 Å². The number of carbonyl (C=O) groups excluding carboxylic acids is 3. The molecule has 1 aliphatic carbocycles. The van der Waals surface area contributed by atoms with Gasteiger partial charge in [-0.05, 0) is 52.7 Å². The van der Waals surface area contributed by atoms with Gasteiger partial charge in [0.15, 0.2) is 11.6 Å². The summed E-state index contributed by atoms with van der Waals surface area (Å²) in [4.78, 5) is 37.2. The van der Waals surface area contributed by atoms with Gasteiger partial charge in [0.2, 0.25) is 0 Å². The third kappa shape index (κ3) is 4.40. The van der Waals surface area contributed by atoms with E-state index >= 15 is 0 Å². The Bertz CT molecular complexity index is 845. The molecule has 0 bridgehead atoms. The lowest BCUT2D eigenvalue weighted by atomic mass is 9.82. The summed E-state index contributed by atoms with van der Waals surface area (Å²) in [7, 11) is 0. The van der Waals surface area contributed by atoms with Crippen molar-refractivity contribution >= 4 is 23.2 Å². The lowest BCUT2D eigenvalue weighted by Gasteiger charge is -2.25. The van der Waals surface area contributed by atoms with Crippen molar-refractivity contribution in [2.45, 2.75) is 52.7 Å². The van der Waals surface area contributed by atoms with E-state index in [1.807, 2.05) is 12.1 Å². The Morgan fingerprint density at radius 2 is 1.59 bits per heavy atom. The first kappa shape index (κ1) is 20.7. The van der Waals surface area contributed by atoms with Gasteiger partial charge in [0, 0.05) is 33.5 Å². The number of hydrogen-bond donors (Lipinski definition) is 3. The van der Waals surface area contributed by atoms with E-state index in [2.05, 4.69) is 11.1 Å². The minimum atomic E-state index is -1.67. The van der Waals surface area contributed by atoms with Crippen LogP contribution in [0.15, 0.2) is 46.6 Å². The Kier molecular flexibility index (Phi) is 6.13. The maximum atomic E-state index is 12.5. The second kappa shape index (κ2) is 7.98. The number of aliphatic hydroxyl groups is 1. The molecular weight excluding hydrogens is 344 g/mol. The molecule has 0 fully saturated rings. The quantitative estimate of drug-likeness (QED) is 0.661. The number of ketones is 2. The number of allylic oxidation sites excluding steroid dienone is 4. The van der Waals surface area contributed by atoms with Crippen LogP contribution in [0.2, 0.25) is 0 Å². The van der Waals surface area contributed by atoms with Crippen molar-refractivity contribution in [3.8, 4) is 0 Å². The Hall–Kier alpha value is -2.57. The molecule has 144 valence electrons. The number of rotatable bonds is 6. The molecule has 6 heteroatoms. The highest BCUT2D eigenvalue weighted by molar-refractivity contribution is 6.24. The summed E-state index contributed by atoms with van der Waals surface area (Å²) >= 11 is 0. The molecule has 1 aliphatic rings. The molecule has 0 spiro atoms. The molecule has 1 atom stereocenters. The number of nitrogens with one attached hydrogen (secondary N) is 1. The Labute approximate surface area is 159 Å². The van der Waals surface area contributed by atoms with E-state index in [1.54, 1.807) is 32.9 Å². The third-order valence-electron chi connectivity index (χ3n) is 5.16. The zero-order chi connectivity index (χ0) is 20.4. The molecule has 0 unspecified atom stereocenters. The van der Waals surface area contributed by atoms with Crippen molar-refractivity contribution in [2.24, 2.45) is 0 Å². The highest BCUT2D eigenvalue weighted by atomic mass is 16.3. The van der Waals surface area contributed by atoms with Crippen molar-refractivity contribution in [1.82, 2.24) is 0 Å². The van der Waals surface area contributed by atoms with E-state index in [4.69, 9.17) is 0 Å². The number of amides is 1. The van der Waals surface area contributed by atoms with E-state index in [0.29, 0.717) is 34.5 Å². The van der Waals surface area contributed by atoms with Crippen LogP contribution in [-0.2, 0) is 20.9 Å². The fraction of sp³-hybridized carbons (Fsp3) is 0.381. The van der Waals surface area contributed by atoms with Crippen molar-refractivity contribution < 1.29 is 25.2 Å². The van der Waals surface area contributed by atoms with E-state index in [-0.39, 0.29) is 24.4 Å². The standard InChI is InChI=1S/C21H26N2O4/c1-12-13(2)19(25)17(14(3)18(12)24)9-10-21(4,27)20(26)23-16-7-5-15(11-22)6-8-16/h5-8,27H,9-11,22H2,1-4H3,(H,23,26)/p+1/t21-/m0/s1. The molecule has 0 aliphatic heterocycles. The van der Waals surface area contributed by atoms with Crippen LogP contribution in [0.5, 0.6) is 0 Å². The first-order chi connectivity index (χ1) is 12.6. The number of quaternary nitrogens is 1. The largest absolute Gasteiger partial charge is 0.380 e. The van der Waals surface area contributed by atoms with Gasteiger partial charge in [0.1, 0.15) is 5.60 Å². The number of carbonyl (C=O) groups is 3. The van der Waals surface area contributed by atoms with Crippen LogP contribution < -0.4 is 11.1 Å². The smallest absolute Gasteiger partial charge is 0.256 e. The average Bonchev–Trinajstić information content (AvgIpc) is 2.65. The SMILES string of the molecule is CC1=C(C)C(=O)C(CC[C@](C)(O)C(=O)Nc2ccc(C[NH3+])cc2)=C(C)C1=O. The number of anilines is 1. The molecule has 6 nitrogen and oxygen atoms in total. The summed E-state index contributed by atoms with van der Waals surface area (Å²) in [5, 5.41) is 13.3. The summed E-state index contributed by atoms with van der Waals surface area (Å²) < 4.78 is 0. The normalized spacial score (nSPS) is 17.3.